The van der Waals surface area contributed by atoms with Gasteiger partial charge in [-0.15, -0.1) is 0 Å². The van der Waals surface area contributed by atoms with Gasteiger partial charge in [-0.2, -0.15) is 0 Å². The molecule has 1 saturated heterocycles. The molecule has 4 heteroatoms. The summed E-state index contributed by atoms with van der Waals surface area (Å²) in [6, 6.07) is 10.4. The zero-order valence-electron chi connectivity index (χ0n) is 14.7. The standard InChI is InChI=1S/C20H30N2O2/c1-15-7-5-6-10-19(15)24-14-20(23)22-12-17(11-21)18(13-22)16-8-3-2-4-9-16/h2-4,8-9,15,17-19H,5-7,10-14,21H2,1H3/t15?,17-,18+,19?/m1/s1. The highest BCUT2D eigenvalue weighted by Gasteiger charge is 2.35. The Hall–Kier alpha value is -1.39. The van der Waals surface area contributed by atoms with Crippen molar-refractivity contribution in [1.29, 1.82) is 0 Å². The number of hydrogen-bond acceptors (Lipinski definition) is 3. The maximum atomic E-state index is 12.6. The summed E-state index contributed by atoms with van der Waals surface area (Å²) in [5, 5.41) is 0. The largest absolute Gasteiger partial charge is 0.368 e. The molecule has 2 fully saturated rings. The van der Waals surface area contributed by atoms with E-state index in [0.717, 1.165) is 19.5 Å². The van der Waals surface area contributed by atoms with E-state index >= 15 is 0 Å². The molecule has 1 heterocycles. The predicted molar refractivity (Wildman–Crippen MR) is 95.7 cm³/mol. The van der Waals surface area contributed by atoms with E-state index in [0.29, 0.717) is 24.3 Å². The van der Waals surface area contributed by atoms with E-state index in [-0.39, 0.29) is 18.6 Å². The molecule has 0 radical (unpaired) electrons. The molecule has 3 rings (SSSR count). The highest BCUT2D eigenvalue weighted by Crippen LogP contribution is 2.32. The molecule has 1 amide bonds. The summed E-state index contributed by atoms with van der Waals surface area (Å²) in [7, 11) is 0. The SMILES string of the molecule is CC1CCCCC1OCC(=O)N1C[C@@H](CN)[C@H](c2ccccc2)C1. The Morgan fingerprint density at radius 2 is 1.96 bits per heavy atom. The maximum Gasteiger partial charge on any atom is 0.248 e. The van der Waals surface area contributed by atoms with E-state index in [9.17, 15) is 4.79 Å². The summed E-state index contributed by atoms with van der Waals surface area (Å²) in [6.07, 6.45) is 5.07. The molecule has 132 valence electrons. The molecule has 1 aromatic rings. The van der Waals surface area contributed by atoms with Crippen LogP contribution in [-0.4, -0.2) is 43.2 Å². The summed E-state index contributed by atoms with van der Waals surface area (Å²) in [4.78, 5) is 14.5. The molecular formula is C20H30N2O2. The Bertz CT molecular complexity index is 534. The van der Waals surface area contributed by atoms with Gasteiger partial charge in [-0.25, -0.2) is 0 Å². The summed E-state index contributed by atoms with van der Waals surface area (Å²) in [5.74, 6) is 1.36. The van der Waals surface area contributed by atoms with Crippen molar-refractivity contribution in [3.63, 3.8) is 0 Å². The van der Waals surface area contributed by atoms with Gasteiger partial charge in [0.2, 0.25) is 5.91 Å². The summed E-state index contributed by atoms with van der Waals surface area (Å²) in [6.45, 7) is 4.57. The molecule has 2 unspecified atom stereocenters. The van der Waals surface area contributed by atoms with Gasteiger partial charge in [-0.3, -0.25) is 4.79 Å². The first-order valence-electron chi connectivity index (χ1n) is 9.33. The van der Waals surface area contributed by atoms with Crippen LogP contribution in [0.1, 0.15) is 44.1 Å². The fourth-order valence-corrected chi connectivity index (χ4v) is 4.19. The first-order valence-corrected chi connectivity index (χ1v) is 9.33. The molecule has 2 aliphatic rings. The van der Waals surface area contributed by atoms with Crippen LogP contribution in [0.2, 0.25) is 0 Å². The van der Waals surface area contributed by atoms with Crippen LogP contribution in [0.5, 0.6) is 0 Å². The second-order valence-electron chi connectivity index (χ2n) is 7.42. The van der Waals surface area contributed by atoms with Crippen LogP contribution in [0.25, 0.3) is 0 Å². The van der Waals surface area contributed by atoms with E-state index in [1.807, 2.05) is 11.0 Å². The molecule has 1 aliphatic carbocycles. The van der Waals surface area contributed by atoms with Crippen LogP contribution >= 0.6 is 0 Å². The van der Waals surface area contributed by atoms with Crippen molar-refractivity contribution in [3.05, 3.63) is 35.9 Å². The van der Waals surface area contributed by atoms with Gasteiger partial charge in [0.15, 0.2) is 0 Å². The van der Waals surface area contributed by atoms with Gasteiger partial charge in [0.05, 0.1) is 6.10 Å². The third-order valence-electron chi connectivity index (χ3n) is 5.78. The number of likely N-dealkylation sites (tertiary alicyclic amines) is 1. The van der Waals surface area contributed by atoms with Gasteiger partial charge >= 0.3 is 0 Å². The number of nitrogens with two attached hydrogens (primary N) is 1. The number of ether oxygens (including phenoxy) is 1. The Kier molecular flexibility index (Phi) is 5.90. The lowest BCUT2D eigenvalue weighted by molar-refractivity contribution is -0.139. The van der Waals surface area contributed by atoms with Crippen LogP contribution in [0.15, 0.2) is 30.3 Å². The van der Waals surface area contributed by atoms with E-state index in [1.54, 1.807) is 0 Å². The molecule has 4 nitrogen and oxygen atoms in total. The van der Waals surface area contributed by atoms with Gasteiger partial charge in [-0.1, -0.05) is 50.1 Å². The summed E-state index contributed by atoms with van der Waals surface area (Å²) < 4.78 is 5.96. The minimum Gasteiger partial charge on any atom is -0.368 e. The quantitative estimate of drug-likeness (QED) is 0.903. The average molecular weight is 330 g/mol. The van der Waals surface area contributed by atoms with Crippen molar-refractivity contribution < 1.29 is 9.53 Å². The average Bonchev–Trinajstić information content (AvgIpc) is 3.06. The topological polar surface area (TPSA) is 55.6 Å². The molecule has 0 aromatic heterocycles. The van der Waals surface area contributed by atoms with Crippen LogP contribution < -0.4 is 5.73 Å². The van der Waals surface area contributed by atoms with Gasteiger partial charge in [-0.05, 0) is 36.8 Å². The van der Waals surface area contributed by atoms with Crippen LogP contribution in [-0.2, 0) is 9.53 Å². The molecule has 0 bridgehead atoms. The molecular weight excluding hydrogens is 300 g/mol. The number of rotatable bonds is 5. The monoisotopic (exact) mass is 330 g/mol. The second-order valence-corrected chi connectivity index (χ2v) is 7.42. The van der Waals surface area contributed by atoms with Crippen molar-refractivity contribution >= 4 is 5.91 Å². The smallest absolute Gasteiger partial charge is 0.248 e. The third-order valence-corrected chi connectivity index (χ3v) is 5.78. The number of amides is 1. The molecule has 4 atom stereocenters. The van der Waals surface area contributed by atoms with E-state index in [1.165, 1.54) is 24.8 Å². The molecule has 1 saturated carbocycles. The van der Waals surface area contributed by atoms with Crippen LogP contribution in [0, 0.1) is 11.8 Å². The van der Waals surface area contributed by atoms with Crippen molar-refractivity contribution in [1.82, 2.24) is 4.90 Å². The normalized spacial score (nSPS) is 30.5. The Labute approximate surface area is 145 Å². The van der Waals surface area contributed by atoms with Crippen molar-refractivity contribution in [3.8, 4) is 0 Å². The zero-order valence-corrected chi connectivity index (χ0v) is 14.7. The third kappa shape index (κ3) is 3.98. The first kappa shape index (κ1) is 17.4. The lowest BCUT2D eigenvalue weighted by atomic mass is 9.88. The highest BCUT2D eigenvalue weighted by molar-refractivity contribution is 5.78. The number of nitrogens with zero attached hydrogens (tertiary/aromatic N) is 1. The van der Waals surface area contributed by atoms with Crippen LogP contribution in [0.4, 0.5) is 0 Å². The molecule has 2 N–H and O–H groups in total. The number of carbonyl (C=O) groups excluding carboxylic acids is 1. The lowest BCUT2D eigenvalue weighted by Crippen LogP contribution is -2.36. The fraction of sp³-hybridized carbons (Fsp3) is 0.650. The van der Waals surface area contributed by atoms with Gasteiger partial charge in [0, 0.05) is 19.0 Å². The highest BCUT2D eigenvalue weighted by atomic mass is 16.5. The number of benzene rings is 1. The van der Waals surface area contributed by atoms with Gasteiger partial charge in [0.1, 0.15) is 6.61 Å². The molecule has 1 aromatic carbocycles. The minimum absolute atomic E-state index is 0.115. The molecule has 24 heavy (non-hydrogen) atoms. The minimum atomic E-state index is 0.115. The van der Waals surface area contributed by atoms with Gasteiger partial charge in [0.25, 0.3) is 0 Å². The van der Waals surface area contributed by atoms with Crippen molar-refractivity contribution in [2.75, 3.05) is 26.2 Å². The van der Waals surface area contributed by atoms with E-state index < -0.39 is 0 Å². The zero-order chi connectivity index (χ0) is 16.9. The molecule has 1 aliphatic heterocycles. The number of hydrogen-bond donors (Lipinski definition) is 1. The van der Waals surface area contributed by atoms with Crippen molar-refractivity contribution in [2.24, 2.45) is 17.6 Å². The van der Waals surface area contributed by atoms with E-state index in [4.69, 9.17) is 10.5 Å². The predicted octanol–water partition coefficient (Wildman–Crippen LogP) is 2.78. The lowest BCUT2D eigenvalue weighted by Gasteiger charge is -2.29. The maximum absolute atomic E-state index is 12.6. The first-order chi connectivity index (χ1) is 11.7. The summed E-state index contributed by atoms with van der Waals surface area (Å²) in [5.41, 5.74) is 7.25. The Morgan fingerprint density at radius 1 is 1.21 bits per heavy atom. The van der Waals surface area contributed by atoms with Crippen molar-refractivity contribution in [2.45, 2.75) is 44.6 Å². The number of carbonyl (C=O) groups is 1. The van der Waals surface area contributed by atoms with E-state index in [2.05, 4.69) is 31.2 Å². The molecule has 0 spiro atoms. The van der Waals surface area contributed by atoms with Gasteiger partial charge < -0.3 is 15.4 Å². The Morgan fingerprint density at radius 3 is 2.67 bits per heavy atom. The summed E-state index contributed by atoms with van der Waals surface area (Å²) >= 11 is 0. The fourth-order valence-electron chi connectivity index (χ4n) is 4.19. The second kappa shape index (κ2) is 8.13. The van der Waals surface area contributed by atoms with Crippen LogP contribution in [0.3, 0.4) is 0 Å². The Balaban J connectivity index is 1.56.